The Balaban J connectivity index is 1.80. The van der Waals surface area contributed by atoms with Gasteiger partial charge in [0.05, 0.1) is 5.69 Å². The number of amides is 1. The largest absolute Gasteiger partial charge is 0.298 e. The number of benzene rings is 1. The summed E-state index contributed by atoms with van der Waals surface area (Å²) in [5, 5.41) is 3.43. The molecule has 3 rings (SSSR count). The molecule has 1 aliphatic rings. The molecule has 1 N–H and O–H groups in total. The van der Waals surface area contributed by atoms with Crippen molar-refractivity contribution >= 4 is 22.4 Å². The van der Waals surface area contributed by atoms with Gasteiger partial charge in [0.25, 0.3) is 5.91 Å². The number of anilines is 1. The van der Waals surface area contributed by atoms with Crippen LogP contribution in [0.15, 0.2) is 18.2 Å². The van der Waals surface area contributed by atoms with Crippen molar-refractivity contribution < 1.29 is 9.18 Å². The van der Waals surface area contributed by atoms with Gasteiger partial charge in [-0.3, -0.25) is 10.1 Å². The number of fused-ring (bicyclic) bond motifs is 1. The average Bonchev–Trinajstić information content (AvgIpc) is 2.89. The number of nitrogens with one attached hydrogen (secondary N) is 1. The number of rotatable bonds is 2. The van der Waals surface area contributed by atoms with E-state index in [0.29, 0.717) is 16.3 Å². The smallest absolute Gasteiger partial charge is 0.257 e. The van der Waals surface area contributed by atoms with E-state index in [-0.39, 0.29) is 11.7 Å². The second-order valence-corrected chi connectivity index (χ2v) is 5.74. The Labute approximate surface area is 114 Å². The van der Waals surface area contributed by atoms with E-state index in [0.717, 1.165) is 25.0 Å². The zero-order chi connectivity index (χ0) is 13.4. The second kappa shape index (κ2) is 4.74. The third-order valence-electron chi connectivity index (χ3n) is 3.25. The first kappa shape index (κ1) is 12.3. The summed E-state index contributed by atoms with van der Waals surface area (Å²) >= 11 is 1.54. The molecule has 0 spiro atoms. The molecule has 0 unspecified atom stereocenters. The third kappa shape index (κ3) is 2.38. The first-order valence-electron chi connectivity index (χ1n) is 6.19. The number of hydrogen-bond donors (Lipinski definition) is 1. The number of thiazole rings is 1. The summed E-state index contributed by atoms with van der Waals surface area (Å²) in [7, 11) is 0. The quantitative estimate of drug-likeness (QED) is 0.914. The van der Waals surface area contributed by atoms with E-state index in [4.69, 9.17) is 0 Å². The lowest BCUT2D eigenvalue weighted by atomic mass is 10.1. The molecule has 0 radical (unpaired) electrons. The monoisotopic (exact) mass is 276 g/mol. The second-order valence-electron chi connectivity index (χ2n) is 4.66. The SMILES string of the molecule is Cc1cc(F)ccc1C(=O)Nc1nc2c(s1)CCC2. The van der Waals surface area contributed by atoms with Crippen LogP contribution < -0.4 is 5.32 Å². The molecule has 2 aromatic rings. The van der Waals surface area contributed by atoms with Gasteiger partial charge in [0.1, 0.15) is 5.82 Å². The van der Waals surface area contributed by atoms with Gasteiger partial charge in [0.15, 0.2) is 5.13 Å². The molecule has 1 heterocycles. The molecule has 1 amide bonds. The molecule has 0 atom stereocenters. The lowest BCUT2D eigenvalue weighted by molar-refractivity contribution is 0.102. The molecular formula is C14H13FN2OS. The van der Waals surface area contributed by atoms with Crippen molar-refractivity contribution in [2.75, 3.05) is 5.32 Å². The van der Waals surface area contributed by atoms with Gasteiger partial charge in [0, 0.05) is 10.4 Å². The van der Waals surface area contributed by atoms with E-state index < -0.39 is 0 Å². The van der Waals surface area contributed by atoms with Crippen LogP contribution in [0.5, 0.6) is 0 Å². The third-order valence-corrected chi connectivity index (χ3v) is 4.32. The van der Waals surface area contributed by atoms with E-state index in [9.17, 15) is 9.18 Å². The predicted molar refractivity (Wildman–Crippen MR) is 73.2 cm³/mol. The molecule has 1 aliphatic carbocycles. The minimum absolute atomic E-state index is 0.232. The number of carbonyl (C=O) groups is 1. The van der Waals surface area contributed by atoms with E-state index >= 15 is 0 Å². The Hall–Kier alpha value is -1.75. The maximum absolute atomic E-state index is 13.0. The van der Waals surface area contributed by atoms with Crippen LogP contribution in [0.2, 0.25) is 0 Å². The van der Waals surface area contributed by atoms with Gasteiger partial charge in [-0.25, -0.2) is 9.37 Å². The summed E-state index contributed by atoms with van der Waals surface area (Å²) in [5.41, 5.74) is 2.22. The highest BCUT2D eigenvalue weighted by molar-refractivity contribution is 7.15. The van der Waals surface area contributed by atoms with Gasteiger partial charge >= 0.3 is 0 Å². The minimum atomic E-state index is -0.331. The lowest BCUT2D eigenvalue weighted by Gasteiger charge is -2.05. The van der Waals surface area contributed by atoms with E-state index in [1.54, 1.807) is 6.92 Å². The molecular weight excluding hydrogens is 263 g/mol. The number of hydrogen-bond acceptors (Lipinski definition) is 3. The van der Waals surface area contributed by atoms with Crippen molar-refractivity contribution in [1.29, 1.82) is 0 Å². The number of nitrogens with zero attached hydrogens (tertiary/aromatic N) is 1. The highest BCUT2D eigenvalue weighted by atomic mass is 32.1. The van der Waals surface area contributed by atoms with Crippen LogP contribution in [0, 0.1) is 12.7 Å². The summed E-state index contributed by atoms with van der Waals surface area (Å²) in [6.45, 7) is 1.72. The number of carbonyl (C=O) groups excluding carboxylic acids is 1. The van der Waals surface area contributed by atoms with E-state index in [2.05, 4.69) is 10.3 Å². The summed E-state index contributed by atoms with van der Waals surface area (Å²) in [6.07, 6.45) is 3.20. The van der Waals surface area contributed by atoms with Crippen LogP contribution in [0.4, 0.5) is 9.52 Å². The zero-order valence-corrected chi connectivity index (χ0v) is 11.3. The number of aryl methyl sites for hydroxylation is 3. The fourth-order valence-corrected chi connectivity index (χ4v) is 3.34. The molecule has 3 nitrogen and oxygen atoms in total. The van der Waals surface area contributed by atoms with Crippen molar-refractivity contribution in [1.82, 2.24) is 4.98 Å². The molecule has 0 bridgehead atoms. The van der Waals surface area contributed by atoms with Crippen molar-refractivity contribution in [2.45, 2.75) is 26.2 Å². The highest BCUT2D eigenvalue weighted by Gasteiger charge is 2.18. The summed E-state index contributed by atoms with van der Waals surface area (Å²) in [6, 6.07) is 4.15. The van der Waals surface area contributed by atoms with Crippen LogP contribution in [0.3, 0.4) is 0 Å². The molecule has 0 fully saturated rings. The minimum Gasteiger partial charge on any atom is -0.298 e. The Morgan fingerprint density at radius 2 is 2.26 bits per heavy atom. The van der Waals surface area contributed by atoms with E-state index in [1.165, 1.54) is 34.4 Å². The Bertz CT molecular complexity index is 629. The fraction of sp³-hybridized carbons (Fsp3) is 0.286. The standard InChI is InChI=1S/C14H13FN2OS/c1-8-7-9(15)5-6-10(8)13(18)17-14-16-11-3-2-4-12(11)19-14/h5-7H,2-4H2,1H3,(H,16,17,18). The van der Waals surface area contributed by atoms with Crippen LogP contribution in [0.25, 0.3) is 0 Å². The summed E-state index contributed by atoms with van der Waals surface area (Å²) < 4.78 is 13.0. The van der Waals surface area contributed by atoms with Crippen LogP contribution in [0.1, 0.15) is 32.9 Å². The molecule has 19 heavy (non-hydrogen) atoms. The highest BCUT2D eigenvalue weighted by Crippen LogP contribution is 2.30. The normalized spacial score (nSPS) is 13.4. The maximum Gasteiger partial charge on any atom is 0.257 e. The topological polar surface area (TPSA) is 42.0 Å². The Morgan fingerprint density at radius 1 is 1.42 bits per heavy atom. The number of halogens is 1. The van der Waals surface area contributed by atoms with Gasteiger partial charge in [0.2, 0.25) is 0 Å². The molecule has 1 aromatic heterocycles. The average molecular weight is 276 g/mol. The fourth-order valence-electron chi connectivity index (χ4n) is 2.29. The van der Waals surface area contributed by atoms with Crippen molar-refractivity contribution in [2.24, 2.45) is 0 Å². The van der Waals surface area contributed by atoms with Gasteiger partial charge < -0.3 is 0 Å². The van der Waals surface area contributed by atoms with E-state index in [1.807, 2.05) is 0 Å². The zero-order valence-electron chi connectivity index (χ0n) is 10.5. The van der Waals surface area contributed by atoms with Gasteiger partial charge in [-0.05, 0) is 49.9 Å². The molecule has 0 aliphatic heterocycles. The molecule has 0 saturated carbocycles. The van der Waals surface area contributed by atoms with Crippen molar-refractivity contribution in [3.63, 3.8) is 0 Å². The molecule has 98 valence electrons. The van der Waals surface area contributed by atoms with Crippen molar-refractivity contribution in [3.05, 3.63) is 45.7 Å². The molecule has 0 saturated heterocycles. The molecule has 1 aromatic carbocycles. The van der Waals surface area contributed by atoms with Crippen LogP contribution in [-0.2, 0) is 12.8 Å². The Morgan fingerprint density at radius 3 is 3.00 bits per heavy atom. The predicted octanol–water partition coefficient (Wildman–Crippen LogP) is 3.33. The first-order chi connectivity index (χ1) is 9.13. The van der Waals surface area contributed by atoms with Gasteiger partial charge in [-0.15, -0.1) is 11.3 Å². The van der Waals surface area contributed by atoms with Gasteiger partial charge in [-0.1, -0.05) is 0 Å². The summed E-state index contributed by atoms with van der Waals surface area (Å²) in [5.74, 6) is -0.563. The van der Waals surface area contributed by atoms with Crippen LogP contribution in [-0.4, -0.2) is 10.9 Å². The van der Waals surface area contributed by atoms with Crippen LogP contribution >= 0.6 is 11.3 Å². The summed E-state index contributed by atoms with van der Waals surface area (Å²) in [4.78, 5) is 17.8. The lowest BCUT2D eigenvalue weighted by Crippen LogP contribution is -2.13. The molecule has 5 heteroatoms. The number of aromatic nitrogens is 1. The Kier molecular flexibility index (Phi) is 3.06. The first-order valence-corrected chi connectivity index (χ1v) is 7.01. The maximum atomic E-state index is 13.0. The van der Waals surface area contributed by atoms with Gasteiger partial charge in [-0.2, -0.15) is 0 Å². The van der Waals surface area contributed by atoms with Crippen molar-refractivity contribution in [3.8, 4) is 0 Å².